The van der Waals surface area contributed by atoms with Crippen molar-refractivity contribution < 1.29 is 23.9 Å². The molecule has 0 radical (unpaired) electrons. The maximum Gasteiger partial charge on any atom is 0.323 e. The Morgan fingerprint density at radius 2 is 1.77 bits per heavy atom. The van der Waals surface area contributed by atoms with Gasteiger partial charge in [-0.05, 0) is 39.0 Å². The summed E-state index contributed by atoms with van der Waals surface area (Å²) in [6, 6.07) is 0. The third-order valence-corrected chi connectivity index (χ3v) is 5.82. The van der Waals surface area contributed by atoms with E-state index in [4.69, 9.17) is 9.47 Å². The molecule has 0 aromatic heterocycles. The molecule has 120 valence electrons. The van der Waals surface area contributed by atoms with Crippen LogP contribution < -0.4 is 0 Å². The second-order valence-electron chi connectivity index (χ2n) is 6.91. The minimum atomic E-state index is -1.26. The van der Waals surface area contributed by atoms with Gasteiger partial charge in [-0.3, -0.25) is 14.4 Å². The molecule has 2 atom stereocenters. The number of Topliss-reactive ketones (excluding diaryl/α,β-unsaturated/α-hetero) is 1. The van der Waals surface area contributed by atoms with Gasteiger partial charge in [-0.25, -0.2) is 0 Å². The van der Waals surface area contributed by atoms with Crippen LogP contribution in [0.25, 0.3) is 0 Å². The smallest absolute Gasteiger partial charge is 0.323 e. The first kappa shape index (κ1) is 15.3. The van der Waals surface area contributed by atoms with Crippen molar-refractivity contribution >= 4 is 17.7 Å². The molecular formula is C17H22O5. The van der Waals surface area contributed by atoms with Crippen LogP contribution in [-0.2, 0) is 23.9 Å². The van der Waals surface area contributed by atoms with Crippen LogP contribution in [0.2, 0.25) is 0 Å². The third-order valence-electron chi connectivity index (χ3n) is 5.82. The van der Waals surface area contributed by atoms with E-state index in [-0.39, 0.29) is 11.3 Å². The highest BCUT2D eigenvalue weighted by Gasteiger charge is 2.65. The Kier molecular flexibility index (Phi) is 3.42. The number of methoxy groups -OCH3 is 2. The fourth-order valence-corrected chi connectivity index (χ4v) is 4.68. The zero-order valence-electron chi connectivity index (χ0n) is 13.4. The summed E-state index contributed by atoms with van der Waals surface area (Å²) >= 11 is 0. The van der Waals surface area contributed by atoms with Crippen molar-refractivity contribution in [2.75, 3.05) is 14.2 Å². The van der Waals surface area contributed by atoms with Crippen LogP contribution in [0.4, 0.5) is 0 Å². The van der Waals surface area contributed by atoms with Crippen molar-refractivity contribution in [2.45, 2.75) is 45.4 Å². The van der Waals surface area contributed by atoms with Gasteiger partial charge in [-0.1, -0.05) is 11.1 Å². The van der Waals surface area contributed by atoms with Gasteiger partial charge in [0.05, 0.1) is 14.2 Å². The summed E-state index contributed by atoms with van der Waals surface area (Å²) in [5.41, 5.74) is 0.823. The standard InChI is InChI=1S/C17H22O5/c1-10-7-17(14(19)21-2,15(20)22-3)8-11(10)16-6-4-5-13(18)12(16)9-16/h12H,4-9H2,1-3H3. The van der Waals surface area contributed by atoms with E-state index in [1.807, 2.05) is 6.92 Å². The first-order valence-electron chi connectivity index (χ1n) is 7.80. The summed E-state index contributed by atoms with van der Waals surface area (Å²) in [6.45, 7) is 1.96. The van der Waals surface area contributed by atoms with Crippen LogP contribution in [-0.4, -0.2) is 31.9 Å². The lowest BCUT2D eigenvalue weighted by Gasteiger charge is -2.27. The molecule has 0 bridgehead atoms. The number of fused-ring (bicyclic) bond motifs is 1. The van der Waals surface area contributed by atoms with Gasteiger partial charge in [0.25, 0.3) is 0 Å². The summed E-state index contributed by atoms with van der Waals surface area (Å²) in [6.07, 6.45) is 4.09. The number of ketones is 1. The fraction of sp³-hybridized carbons (Fsp3) is 0.706. The second kappa shape index (κ2) is 4.93. The van der Waals surface area contributed by atoms with E-state index < -0.39 is 17.4 Å². The molecule has 0 aliphatic heterocycles. The zero-order chi connectivity index (χ0) is 16.1. The summed E-state index contributed by atoms with van der Waals surface area (Å²) in [7, 11) is 2.59. The number of esters is 2. The van der Waals surface area contributed by atoms with Gasteiger partial charge in [0, 0.05) is 17.8 Å². The van der Waals surface area contributed by atoms with Gasteiger partial charge >= 0.3 is 11.9 Å². The van der Waals surface area contributed by atoms with E-state index in [2.05, 4.69) is 0 Å². The maximum atomic E-state index is 12.3. The molecule has 0 aromatic carbocycles. The van der Waals surface area contributed by atoms with E-state index in [0.29, 0.717) is 25.0 Å². The highest BCUT2D eigenvalue weighted by molar-refractivity contribution is 6.01. The van der Waals surface area contributed by atoms with Gasteiger partial charge in [0.1, 0.15) is 5.78 Å². The zero-order valence-corrected chi connectivity index (χ0v) is 13.4. The molecule has 0 amide bonds. The SMILES string of the molecule is COC(=O)C1(C(=O)OC)CC(C)=C(C23CCCC(=O)C2C3)C1. The summed E-state index contributed by atoms with van der Waals surface area (Å²) in [4.78, 5) is 36.6. The Labute approximate surface area is 130 Å². The minimum absolute atomic E-state index is 0.0940. The van der Waals surface area contributed by atoms with Crippen LogP contribution in [0.3, 0.4) is 0 Å². The van der Waals surface area contributed by atoms with Gasteiger partial charge in [-0.15, -0.1) is 0 Å². The number of ether oxygens (including phenoxy) is 2. The van der Waals surface area contributed by atoms with Crippen molar-refractivity contribution in [3.63, 3.8) is 0 Å². The van der Waals surface area contributed by atoms with E-state index in [0.717, 1.165) is 30.4 Å². The van der Waals surface area contributed by atoms with Crippen molar-refractivity contribution in [2.24, 2.45) is 16.7 Å². The van der Waals surface area contributed by atoms with Crippen LogP contribution >= 0.6 is 0 Å². The Morgan fingerprint density at radius 1 is 1.14 bits per heavy atom. The monoisotopic (exact) mass is 306 g/mol. The predicted molar refractivity (Wildman–Crippen MR) is 77.8 cm³/mol. The molecule has 0 saturated heterocycles. The minimum Gasteiger partial charge on any atom is -0.468 e. The van der Waals surface area contributed by atoms with E-state index >= 15 is 0 Å². The maximum absolute atomic E-state index is 12.3. The average Bonchev–Trinajstić information content (AvgIpc) is 3.17. The van der Waals surface area contributed by atoms with Gasteiger partial charge < -0.3 is 9.47 Å². The summed E-state index contributed by atoms with van der Waals surface area (Å²) in [5, 5.41) is 0. The molecule has 5 nitrogen and oxygen atoms in total. The predicted octanol–water partition coefficient (Wildman–Crippen LogP) is 2.19. The van der Waals surface area contributed by atoms with E-state index in [1.165, 1.54) is 14.2 Å². The van der Waals surface area contributed by atoms with Crippen LogP contribution in [0.5, 0.6) is 0 Å². The lowest BCUT2D eigenvalue weighted by Crippen LogP contribution is -2.40. The molecule has 3 rings (SSSR count). The molecule has 3 aliphatic carbocycles. The molecule has 0 aromatic rings. The Morgan fingerprint density at radius 3 is 2.36 bits per heavy atom. The number of hydrogen-bond acceptors (Lipinski definition) is 5. The fourth-order valence-electron chi connectivity index (χ4n) is 4.68. The van der Waals surface area contributed by atoms with Crippen molar-refractivity contribution in [3.05, 3.63) is 11.1 Å². The average molecular weight is 306 g/mol. The molecule has 5 heteroatoms. The summed E-state index contributed by atoms with van der Waals surface area (Å²) < 4.78 is 9.76. The number of allylic oxidation sites excluding steroid dienone is 2. The molecule has 2 saturated carbocycles. The third kappa shape index (κ3) is 1.87. The van der Waals surface area contributed by atoms with Crippen molar-refractivity contribution in [1.29, 1.82) is 0 Å². The van der Waals surface area contributed by atoms with Crippen LogP contribution in [0, 0.1) is 16.7 Å². The second-order valence-corrected chi connectivity index (χ2v) is 6.91. The normalized spacial score (nSPS) is 32.5. The number of carbonyl (C=O) groups is 3. The molecule has 0 N–H and O–H groups in total. The van der Waals surface area contributed by atoms with Gasteiger partial charge in [-0.2, -0.15) is 0 Å². The van der Waals surface area contributed by atoms with Crippen molar-refractivity contribution in [1.82, 2.24) is 0 Å². The Bertz CT molecular complexity index is 572. The first-order chi connectivity index (χ1) is 10.4. The molecular weight excluding hydrogens is 284 g/mol. The molecule has 0 heterocycles. The van der Waals surface area contributed by atoms with Crippen LogP contribution in [0.1, 0.15) is 45.4 Å². The van der Waals surface area contributed by atoms with E-state index in [9.17, 15) is 14.4 Å². The summed E-state index contributed by atoms with van der Waals surface area (Å²) in [5.74, 6) is -0.647. The Hall–Kier alpha value is -1.65. The molecule has 2 unspecified atom stereocenters. The van der Waals surface area contributed by atoms with Gasteiger partial charge in [0.2, 0.25) is 0 Å². The largest absolute Gasteiger partial charge is 0.468 e. The quantitative estimate of drug-likeness (QED) is 0.454. The lowest BCUT2D eigenvalue weighted by molar-refractivity contribution is -0.168. The number of carbonyl (C=O) groups excluding carboxylic acids is 3. The highest BCUT2D eigenvalue weighted by atomic mass is 16.5. The van der Waals surface area contributed by atoms with Crippen molar-refractivity contribution in [3.8, 4) is 0 Å². The van der Waals surface area contributed by atoms with E-state index in [1.54, 1.807) is 0 Å². The molecule has 22 heavy (non-hydrogen) atoms. The van der Waals surface area contributed by atoms with Gasteiger partial charge in [0.15, 0.2) is 5.41 Å². The molecule has 2 fully saturated rings. The number of hydrogen-bond donors (Lipinski definition) is 0. The lowest BCUT2D eigenvalue weighted by atomic mass is 9.77. The molecule has 3 aliphatic rings. The highest BCUT2D eigenvalue weighted by Crippen LogP contribution is 2.68. The first-order valence-corrected chi connectivity index (χ1v) is 7.80. The molecule has 0 spiro atoms. The topological polar surface area (TPSA) is 69.7 Å². The number of rotatable bonds is 3. The van der Waals surface area contributed by atoms with Crippen LogP contribution in [0.15, 0.2) is 11.1 Å². The Balaban J connectivity index is 1.93.